The number of piperazine rings is 1. The van der Waals surface area contributed by atoms with E-state index in [0.717, 1.165) is 81.7 Å². The van der Waals surface area contributed by atoms with Gasteiger partial charge in [0.05, 0.1) is 24.1 Å². The number of anilines is 1. The topological polar surface area (TPSA) is 108 Å². The van der Waals surface area contributed by atoms with Gasteiger partial charge in [-0.2, -0.15) is 0 Å². The Morgan fingerprint density at radius 2 is 1.89 bits per heavy atom. The summed E-state index contributed by atoms with van der Waals surface area (Å²) in [4.78, 5) is 33.9. The number of sulfonamides is 1. The zero-order chi connectivity index (χ0) is 37.8. The number of aryl methyl sites for hydroxylation is 1. The van der Waals surface area contributed by atoms with E-state index in [2.05, 4.69) is 43.7 Å². The van der Waals surface area contributed by atoms with E-state index in [-0.39, 0.29) is 40.7 Å². The summed E-state index contributed by atoms with van der Waals surface area (Å²) in [7, 11) is -2.20. The van der Waals surface area contributed by atoms with E-state index in [9.17, 15) is 18.0 Å². The number of benzene rings is 2. The molecule has 1 saturated carbocycles. The molecular weight excluding hydrogens is 724 g/mol. The van der Waals surface area contributed by atoms with Crippen LogP contribution in [0.15, 0.2) is 48.6 Å². The monoisotopic (exact) mass is 778 g/mol. The highest BCUT2D eigenvalue weighted by Crippen LogP contribution is 2.49. The van der Waals surface area contributed by atoms with Gasteiger partial charge in [-0.15, -0.1) is 0 Å². The molecule has 8 rings (SSSR count). The van der Waals surface area contributed by atoms with Crippen LogP contribution in [0.25, 0.3) is 0 Å². The van der Waals surface area contributed by atoms with E-state index < -0.39 is 26.8 Å². The molecule has 1 N–H and O–H groups in total. The van der Waals surface area contributed by atoms with Crippen LogP contribution in [0.1, 0.15) is 86.7 Å². The number of halogens is 1. The molecule has 10 nitrogen and oxygen atoms in total. The summed E-state index contributed by atoms with van der Waals surface area (Å²) in [5.74, 6) is 0.413. The normalized spacial score (nSPS) is 34.7. The van der Waals surface area contributed by atoms with Gasteiger partial charge in [0.2, 0.25) is 15.9 Å². The quantitative estimate of drug-likeness (QED) is 0.381. The summed E-state index contributed by atoms with van der Waals surface area (Å²) in [5.41, 5.74) is 2.63. The molecule has 54 heavy (non-hydrogen) atoms. The van der Waals surface area contributed by atoms with Crippen LogP contribution in [-0.4, -0.2) is 99.9 Å². The Morgan fingerprint density at radius 3 is 2.69 bits per heavy atom. The van der Waals surface area contributed by atoms with E-state index in [0.29, 0.717) is 38.4 Å². The number of carbonyl (C=O) groups excluding carboxylic acids is 2. The van der Waals surface area contributed by atoms with Crippen molar-refractivity contribution in [3.05, 3.63) is 70.3 Å². The Hall–Kier alpha value is -3.12. The first-order chi connectivity index (χ1) is 25.9. The molecule has 2 aromatic rings. The van der Waals surface area contributed by atoms with Crippen LogP contribution in [-0.2, 0) is 31.4 Å². The zero-order valence-corrected chi connectivity index (χ0v) is 33.5. The van der Waals surface area contributed by atoms with Crippen molar-refractivity contribution >= 4 is 39.1 Å². The van der Waals surface area contributed by atoms with Crippen molar-refractivity contribution in [2.45, 2.75) is 93.9 Å². The third-order valence-electron chi connectivity index (χ3n) is 13.9. The summed E-state index contributed by atoms with van der Waals surface area (Å²) < 4.78 is 43.0. The average Bonchev–Trinajstić information content (AvgIpc) is 3.29. The first-order valence-corrected chi connectivity index (χ1v) is 21.9. The maximum atomic E-state index is 13.7. The van der Waals surface area contributed by atoms with Crippen molar-refractivity contribution in [3.8, 4) is 5.75 Å². The fourth-order valence-corrected chi connectivity index (χ4v) is 11.9. The molecule has 4 heterocycles. The molecule has 0 unspecified atom stereocenters. The number of hydrogen-bond acceptors (Lipinski definition) is 8. The second-order valence-corrected chi connectivity index (χ2v) is 19.6. The van der Waals surface area contributed by atoms with Gasteiger partial charge >= 0.3 is 0 Å². The van der Waals surface area contributed by atoms with Gasteiger partial charge < -0.3 is 19.3 Å². The molecule has 2 bridgehead atoms. The molecule has 4 aliphatic heterocycles. The molecule has 2 amide bonds. The zero-order valence-electron chi connectivity index (χ0n) is 31.9. The highest BCUT2D eigenvalue weighted by molar-refractivity contribution is 7.90. The van der Waals surface area contributed by atoms with E-state index in [4.69, 9.17) is 21.1 Å². The lowest BCUT2D eigenvalue weighted by molar-refractivity contribution is -0.146. The maximum absolute atomic E-state index is 13.7. The van der Waals surface area contributed by atoms with Gasteiger partial charge in [-0.3, -0.25) is 14.5 Å². The minimum absolute atomic E-state index is 0.162. The third-order valence-corrected chi connectivity index (χ3v) is 16.0. The number of nitrogens with zero attached hydrogens (tertiary/aromatic N) is 3. The molecule has 0 radical (unpaired) electrons. The number of carbonyl (C=O) groups is 2. The average molecular weight is 779 g/mol. The molecule has 7 atom stereocenters. The first kappa shape index (κ1) is 37.8. The molecule has 3 fully saturated rings. The van der Waals surface area contributed by atoms with Crippen molar-refractivity contribution < 1.29 is 27.5 Å². The van der Waals surface area contributed by atoms with E-state index in [1.807, 2.05) is 25.1 Å². The summed E-state index contributed by atoms with van der Waals surface area (Å²) in [6, 6.07) is 11.8. The first-order valence-electron chi connectivity index (χ1n) is 20.0. The van der Waals surface area contributed by atoms with Gasteiger partial charge in [0, 0.05) is 61.9 Å². The van der Waals surface area contributed by atoms with Gasteiger partial charge in [0.25, 0.3) is 5.91 Å². The van der Waals surface area contributed by atoms with Crippen LogP contribution < -0.4 is 14.4 Å². The van der Waals surface area contributed by atoms with E-state index in [1.165, 1.54) is 11.1 Å². The summed E-state index contributed by atoms with van der Waals surface area (Å²) in [6.07, 6.45) is 12.9. The van der Waals surface area contributed by atoms with Crippen molar-refractivity contribution in [1.29, 1.82) is 0 Å². The van der Waals surface area contributed by atoms with Gasteiger partial charge in [-0.1, -0.05) is 36.7 Å². The van der Waals surface area contributed by atoms with E-state index in [1.54, 1.807) is 20.1 Å². The summed E-state index contributed by atoms with van der Waals surface area (Å²) in [6.45, 7) is 8.12. The minimum atomic E-state index is -3.99. The summed E-state index contributed by atoms with van der Waals surface area (Å²) >= 11 is 6.50. The Labute approximate surface area is 325 Å². The molecule has 6 aliphatic rings. The number of methoxy groups -OCH3 is 1. The molecule has 2 aromatic carbocycles. The van der Waals surface area contributed by atoms with Crippen LogP contribution in [0.5, 0.6) is 5.75 Å². The molecule has 1 spiro atoms. The number of rotatable bonds is 3. The fourth-order valence-electron chi connectivity index (χ4n) is 10.4. The third kappa shape index (κ3) is 6.96. The minimum Gasteiger partial charge on any atom is -0.490 e. The molecular formula is C42H55ClN4O6S. The van der Waals surface area contributed by atoms with Crippen molar-refractivity contribution in [2.24, 2.45) is 17.8 Å². The predicted molar refractivity (Wildman–Crippen MR) is 211 cm³/mol. The van der Waals surface area contributed by atoms with E-state index >= 15 is 0 Å². The lowest BCUT2D eigenvalue weighted by Gasteiger charge is -2.53. The second-order valence-electron chi connectivity index (χ2n) is 17.1. The lowest BCUT2D eigenvalue weighted by Crippen LogP contribution is -2.63. The molecule has 0 aromatic heterocycles. The number of piperidine rings is 1. The number of hydrogen-bond donors (Lipinski definition) is 1. The van der Waals surface area contributed by atoms with Crippen LogP contribution in [0.2, 0.25) is 5.02 Å². The van der Waals surface area contributed by atoms with Crippen LogP contribution in [0.4, 0.5) is 5.69 Å². The second kappa shape index (κ2) is 14.8. The fraction of sp³-hybridized carbons (Fsp3) is 0.619. The van der Waals surface area contributed by atoms with Crippen molar-refractivity contribution in [3.63, 3.8) is 0 Å². The Morgan fingerprint density at radius 1 is 1.04 bits per heavy atom. The highest BCUT2D eigenvalue weighted by Gasteiger charge is 2.51. The SMILES string of the molecule is CO[C@@]1(CN2CC(=O)N3CCCC[C@@H]3C2)/C=C/C[C@H](C)[C@@H](C)S(=O)(=O)NC(=O)c2ccc3c(c2)N(C[C@@H]2CC[C@H]21)C[C@@]1(CCCc2cc(Cl)ccc21)CO3. The standard InChI is InChI=1S/C42H55ClN4O6S/c1-28-8-6-18-42(52-3,26-45-23-34-10-4-5-19-47(34)39(48)24-45)36-14-11-32(36)22-46-25-41(17-7-9-30-20-33(43)13-15-35(30)41)27-53-38-16-12-31(21-37(38)46)40(49)44-54(50,51)29(28)2/h6,12-13,15-16,18,20-21,28-29,32,34,36H,4-5,7-11,14,17,19,22-27H2,1-3H3,(H,44,49)/b18-6+/t28-,29+,32-,34+,36+,41-,42+/m0/s1. The number of ether oxygens (including phenoxy) is 2. The van der Waals surface area contributed by atoms with Gasteiger partial charge in [0.15, 0.2) is 0 Å². The van der Waals surface area contributed by atoms with Crippen LogP contribution >= 0.6 is 11.6 Å². The van der Waals surface area contributed by atoms with Crippen molar-refractivity contribution in [2.75, 3.05) is 57.9 Å². The smallest absolute Gasteiger partial charge is 0.264 e. The predicted octanol–water partition coefficient (Wildman–Crippen LogP) is 5.97. The van der Waals surface area contributed by atoms with Crippen molar-refractivity contribution in [1.82, 2.24) is 14.5 Å². The lowest BCUT2D eigenvalue weighted by atomic mass is 9.63. The van der Waals surface area contributed by atoms with Gasteiger partial charge in [-0.25, -0.2) is 13.1 Å². The molecule has 2 aliphatic carbocycles. The number of nitrogens with one attached hydrogen (secondary N) is 1. The van der Waals surface area contributed by atoms with Crippen LogP contribution in [0, 0.1) is 17.8 Å². The highest BCUT2D eigenvalue weighted by atomic mass is 35.5. The number of amides is 2. The van der Waals surface area contributed by atoms with Crippen LogP contribution in [0.3, 0.4) is 0 Å². The maximum Gasteiger partial charge on any atom is 0.264 e. The molecule has 12 heteroatoms. The Kier molecular flexibility index (Phi) is 10.3. The summed E-state index contributed by atoms with van der Waals surface area (Å²) in [5, 5.41) is -0.0828. The van der Waals surface area contributed by atoms with Gasteiger partial charge in [-0.05, 0) is 124 Å². The molecule has 292 valence electrons. The van der Waals surface area contributed by atoms with Gasteiger partial charge in [0.1, 0.15) is 11.4 Å². The number of allylic oxidation sites excluding steroid dienone is 1. The Bertz CT molecular complexity index is 1920. The largest absolute Gasteiger partial charge is 0.490 e. The molecule has 2 saturated heterocycles. The Balaban J connectivity index is 1.19. The number of fused-ring (bicyclic) bond motifs is 5.